The van der Waals surface area contributed by atoms with Gasteiger partial charge in [0.1, 0.15) is 5.75 Å². The maximum Gasteiger partial charge on any atom is 0.363 e. The molecular formula is C19H16BrNO3. The fraction of sp³-hybridized carbons (Fsp3) is 0.158. The second-order valence-electron chi connectivity index (χ2n) is 5.20. The van der Waals surface area contributed by atoms with Crippen LogP contribution in [0, 0.1) is 0 Å². The second-order valence-corrected chi connectivity index (χ2v) is 6.06. The van der Waals surface area contributed by atoms with Gasteiger partial charge in [0.15, 0.2) is 5.70 Å². The fourth-order valence-electron chi connectivity index (χ4n) is 2.25. The summed E-state index contributed by atoms with van der Waals surface area (Å²) in [6.07, 6.45) is 2.61. The van der Waals surface area contributed by atoms with E-state index in [1.807, 2.05) is 55.5 Å². The average molecular weight is 386 g/mol. The van der Waals surface area contributed by atoms with E-state index in [9.17, 15) is 4.79 Å². The van der Waals surface area contributed by atoms with Crippen molar-refractivity contribution in [1.29, 1.82) is 0 Å². The van der Waals surface area contributed by atoms with Crippen LogP contribution in [0.1, 0.15) is 24.5 Å². The first-order chi connectivity index (χ1) is 11.7. The predicted molar refractivity (Wildman–Crippen MR) is 97.0 cm³/mol. The third-order valence-electron chi connectivity index (χ3n) is 3.40. The molecule has 0 saturated carbocycles. The SMILES string of the molecule is CCCOc1ccccc1C=C1N=C(c2ccccc2Br)OC1=O. The highest BCUT2D eigenvalue weighted by Gasteiger charge is 2.25. The van der Waals surface area contributed by atoms with Crippen LogP contribution in [0.25, 0.3) is 6.08 Å². The number of nitrogens with zero attached hydrogens (tertiary/aromatic N) is 1. The lowest BCUT2D eigenvalue weighted by molar-refractivity contribution is -0.129. The largest absolute Gasteiger partial charge is 0.493 e. The van der Waals surface area contributed by atoms with Gasteiger partial charge in [0, 0.05) is 10.0 Å². The summed E-state index contributed by atoms with van der Waals surface area (Å²) in [5.41, 5.74) is 1.80. The minimum Gasteiger partial charge on any atom is -0.493 e. The van der Waals surface area contributed by atoms with Crippen molar-refractivity contribution in [1.82, 2.24) is 0 Å². The molecule has 0 fully saturated rings. The molecule has 1 heterocycles. The summed E-state index contributed by atoms with van der Waals surface area (Å²) in [6, 6.07) is 15.0. The van der Waals surface area contributed by atoms with Crippen molar-refractivity contribution >= 4 is 33.9 Å². The van der Waals surface area contributed by atoms with Crippen molar-refractivity contribution in [3.63, 3.8) is 0 Å². The van der Waals surface area contributed by atoms with E-state index in [0.717, 1.165) is 27.8 Å². The van der Waals surface area contributed by atoms with Crippen molar-refractivity contribution < 1.29 is 14.3 Å². The van der Waals surface area contributed by atoms with Crippen molar-refractivity contribution in [2.45, 2.75) is 13.3 Å². The molecule has 0 radical (unpaired) electrons. The lowest BCUT2D eigenvalue weighted by Crippen LogP contribution is -2.06. The van der Waals surface area contributed by atoms with Crippen LogP contribution in [0.3, 0.4) is 0 Å². The number of para-hydroxylation sites is 1. The minimum atomic E-state index is -0.467. The van der Waals surface area contributed by atoms with Crippen LogP contribution in [-0.2, 0) is 9.53 Å². The topological polar surface area (TPSA) is 47.9 Å². The highest BCUT2D eigenvalue weighted by Crippen LogP contribution is 2.26. The number of carbonyl (C=O) groups excluding carboxylic acids is 1. The van der Waals surface area contributed by atoms with Crippen LogP contribution in [-0.4, -0.2) is 18.5 Å². The van der Waals surface area contributed by atoms with Crippen LogP contribution in [0.4, 0.5) is 0 Å². The average Bonchev–Trinajstić information content (AvgIpc) is 2.95. The van der Waals surface area contributed by atoms with E-state index < -0.39 is 5.97 Å². The van der Waals surface area contributed by atoms with Crippen LogP contribution < -0.4 is 4.74 Å². The molecule has 0 aromatic heterocycles. The number of esters is 1. The molecule has 3 rings (SSSR count). The predicted octanol–water partition coefficient (Wildman–Crippen LogP) is 4.58. The molecule has 0 aliphatic carbocycles. The van der Waals surface area contributed by atoms with Crippen LogP contribution in [0.5, 0.6) is 5.75 Å². The van der Waals surface area contributed by atoms with Gasteiger partial charge in [-0.3, -0.25) is 0 Å². The van der Waals surface area contributed by atoms with E-state index in [1.54, 1.807) is 6.08 Å². The van der Waals surface area contributed by atoms with Crippen molar-refractivity contribution in [3.8, 4) is 5.75 Å². The molecule has 2 aromatic carbocycles. The van der Waals surface area contributed by atoms with Crippen LogP contribution in [0.2, 0.25) is 0 Å². The Labute approximate surface area is 148 Å². The zero-order chi connectivity index (χ0) is 16.9. The Hall–Kier alpha value is -2.40. The molecule has 0 bridgehead atoms. The summed E-state index contributed by atoms with van der Waals surface area (Å²) in [5.74, 6) is 0.556. The summed E-state index contributed by atoms with van der Waals surface area (Å²) < 4.78 is 11.8. The van der Waals surface area contributed by atoms with Crippen molar-refractivity contribution in [3.05, 3.63) is 69.8 Å². The zero-order valence-corrected chi connectivity index (χ0v) is 14.7. The molecule has 2 aromatic rings. The molecule has 1 aliphatic rings. The first-order valence-corrected chi connectivity index (χ1v) is 8.47. The minimum absolute atomic E-state index is 0.258. The summed E-state index contributed by atoms with van der Waals surface area (Å²) in [6.45, 7) is 2.67. The second kappa shape index (κ2) is 7.45. The smallest absolute Gasteiger partial charge is 0.363 e. The summed E-state index contributed by atoms with van der Waals surface area (Å²) in [5, 5.41) is 0. The van der Waals surface area contributed by atoms with Crippen molar-refractivity contribution in [2.75, 3.05) is 6.61 Å². The van der Waals surface area contributed by atoms with E-state index in [4.69, 9.17) is 9.47 Å². The first kappa shape index (κ1) is 16.5. The molecule has 0 saturated heterocycles. The van der Waals surface area contributed by atoms with Gasteiger partial charge in [0.2, 0.25) is 5.90 Å². The van der Waals surface area contributed by atoms with Gasteiger partial charge in [-0.2, -0.15) is 0 Å². The van der Waals surface area contributed by atoms with Gasteiger partial charge in [-0.25, -0.2) is 9.79 Å². The van der Waals surface area contributed by atoms with Crippen molar-refractivity contribution in [2.24, 2.45) is 4.99 Å². The van der Waals surface area contributed by atoms with Gasteiger partial charge in [0.05, 0.1) is 12.2 Å². The molecule has 5 heteroatoms. The van der Waals surface area contributed by atoms with Crippen LogP contribution >= 0.6 is 15.9 Å². The van der Waals surface area contributed by atoms with Gasteiger partial charge in [0.25, 0.3) is 0 Å². The van der Waals surface area contributed by atoms with Gasteiger partial charge in [-0.05, 0) is 46.6 Å². The molecular weight excluding hydrogens is 370 g/mol. The van der Waals surface area contributed by atoms with Crippen LogP contribution in [0.15, 0.2) is 63.7 Å². The Morgan fingerprint density at radius 1 is 1.17 bits per heavy atom. The van der Waals surface area contributed by atoms with Gasteiger partial charge in [-0.1, -0.05) is 37.3 Å². The van der Waals surface area contributed by atoms with E-state index in [2.05, 4.69) is 20.9 Å². The standard InChI is InChI=1S/C19H16BrNO3/c1-2-11-23-17-10-6-3-7-13(17)12-16-19(22)24-18(21-16)14-8-4-5-9-15(14)20/h3-10,12H,2,11H2,1H3. The third-order valence-corrected chi connectivity index (χ3v) is 4.09. The number of hydrogen-bond donors (Lipinski definition) is 0. The molecule has 0 N–H and O–H groups in total. The van der Waals surface area contributed by atoms with E-state index in [0.29, 0.717) is 12.5 Å². The number of aliphatic imine (C=N–C) groups is 1. The number of halogens is 1. The lowest BCUT2D eigenvalue weighted by atomic mass is 10.1. The third kappa shape index (κ3) is 3.57. The van der Waals surface area contributed by atoms with E-state index >= 15 is 0 Å². The zero-order valence-electron chi connectivity index (χ0n) is 13.2. The Bertz CT molecular complexity index is 827. The normalized spacial score (nSPS) is 15.3. The highest BCUT2D eigenvalue weighted by atomic mass is 79.9. The summed E-state index contributed by atoms with van der Waals surface area (Å²) in [7, 11) is 0. The molecule has 0 amide bonds. The molecule has 4 nitrogen and oxygen atoms in total. The highest BCUT2D eigenvalue weighted by molar-refractivity contribution is 9.10. The van der Waals surface area contributed by atoms with E-state index in [-0.39, 0.29) is 5.70 Å². The Morgan fingerprint density at radius 2 is 1.92 bits per heavy atom. The molecule has 1 aliphatic heterocycles. The number of cyclic esters (lactones) is 1. The Balaban J connectivity index is 1.94. The molecule has 0 spiro atoms. The molecule has 0 atom stereocenters. The van der Waals surface area contributed by atoms with Gasteiger partial charge in [-0.15, -0.1) is 0 Å². The number of benzene rings is 2. The summed E-state index contributed by atoms with van der Waals surface area (Å²) >= 11 is 3.44. The maximum absolute atomic E-state index is 12.1. The molecule has 0 unspecified atom stereocenters. The number of hydrogen-bond acceptors (Lipinski definition) is 4. The number of carbonyl (C=O) groups is 1. The van der Waals surface area contributed by atoms with Gasteiger partial charge >= 0.3 is 5.97 Å². The van der Waals surface area contributed by atoms with E-state index in [1.165, 1.54) is 0 Å². The molecule has 24 heavy (non-hydrogen) atoms. The fourth-order valence-corrected chi connectivity index (χ4v) is 2.70. The Morgan fingerprint density at radius 3 is 2.71 bits per heavy atom. The number of rotatable bonds is 5. The molecule has 122 valence electrons. The Kier molecular flexibility index (Phi) is 5.11. The number of ether oxygens (including phenoxy) is 2. The first-order valence-electron chi connectivity index (χ1n) is 7.68. The maximum atomic E-state index is 12.1. The summed E-state index contributed by atoms with van der Waals surface area (Å²) in [4.78, 5) is 16.5. The monoisotopic (exact) mass is 385 g/mol. The quantitative estimate of drug-likeness (QED) is 0.558. The van der Waals surface area contributed by atoms with Gasteiger partial charge < -0.3 is 9.47 Å². The lowest BCUT2D eigenvalue weighted by Gasteiger charge is -2.07.